The van der Waals surface area contributed by atoms with Crippen molar-refractivity contribution < 1.29 is 0 Å². The fourth-order valence-corrected chi connectivity index (χ4v) is 1.91. The third-order valence-corrected chi connectivity index (χ3v) is 2.88. The van der Waals surface area contributed by atoms with Crippen LogP contribution in [0.1, 0.15) is 25.7 Å². The average Bonchev–Trinajstić information content (AvgIpc) is 2.63. The molecule has 0 aromatic carbocycles. The maximum atomic E-state index is 2.26. The van der Waals surface area contributed by atoms with Crippen molar-refractivity contribution in [1.29, 1.82) is 0 Å². The topological polar surface area (TPSA) is 4.93 Å². The molecule has 2 heteroatoms. The van der Waals surface area contributed by atoms with Crippen LogP contribution < -0.4 is 0 Å². The van der Waals surface area contributed by atoms with E-state index >= 15 is 0 Å². The highest BCUT2D eigenvalue weighted by Gasteiger charge is 1.90. The number of rotatable bonds is 7. The van der Waals surface area contributed by atoms with Gasteiger partial charge in [0, 0.05) is 18.9 Å². The molecule has 1 aromatic heterocycles. The Morgan fingerprint density at radius 3 is 2.38 bits per heavy atom. The van der Waals surface area contributed by atoms with Gasteiger partial charge in [0.2, 0.25) is 0 Å². The van der Waals surface area contributed by atoms with Crippen molar-refractivity contribution in [1.82, 2.24) is 4.57 Å². The normalized spacial score (nSPS) is 10.5. The molecular formula is C11H19NS. The quantitative estimate of drug-likeness (QED) is 0.606. The number of hydrogen-bond acceptors (Lipinski definition) is 1. The summed E-state index contributed by atoms with van der Waals surface area (Å²) < 4.78 is 2.26. The van der Waals surface area contributed by atoms with Crippen LogP contribution in [0.3, 0.4) is 0 Å². The molecule has 0 N–H and O–H groups in total. The molecule has 0 fully saturated rings. The summed E-state index contributed by atoms with van der Waals surface area (Å²) in [6, 6.07) is 4.18. The lowest BCUT2D eigenvalue weighted by Gasteiger charge is -2.02. The third kappa shape index (κ3) is 5.04. The summed E-state index contributed by atoms with van der Waals surface area (Å²) in [7, 11) is 0. The molecule has 1 nitrogen and oxygen atoms in total. The van der Waals surface area contributed by atoms with E-state index in [-0.39, 0.29) is 0 Å². The van der Waals surface area contributed by atoms with Crippen LogP contribution in [-0.4, -0.2) is 16.6 Å². The molecule has 74 valence electrons. The number of hydrogen-bond donors (Lipinski definition) is 0. The van der Waals surface area contributed by atoms with Crippen molar-refractivity contribution in [3.05, 3.63) is 24.5 Å². The van der Waals surface area contributed by atoms with Crippen LogP contribution >= 0.6 is 11.8 Å². The highest BCUT2D eigenvalue weighted by Crippen LogP contribution is 2.05. The summed E-state index contributed by atoms with van der Waals surface area (Å²) in [6.07, 6.45) is 11.9. The van der Waals surface area contributed by atoms with Gasteiger partial charge in [0.15, 0.2) is 0 Å². The summed E-state index contributed by atoms with van der Waals surface area (Å²) >= 11 is 1.95. The Balaban J connectivity index is 1.90. The van der Waals surface area contributed by atoms with E-state index in [1.165, 1.54) is 38.0 Å². The second kappa shape index (κ2) is 7.07. The molecule has 1 aromatic rings. The van der Waals surface area contributed by atoms with Crippen molar-refractivity contribution >= 4 is 11.8 Å². The molecule has 1 rings (SSSR count). The first-order valence-electron chi connectivity index (χ1n) is 5.03. The van der Waals surface area contributed by atoms with Gasteiger partial charge in [-0.15, -0.1) is 0 Å². The molecular weight excluding hydrogens is 178 g/mol. The van der Waals surface area contributed by atoms with Gasteiger partial charge in [-0.1, -0.05) is 12.8 Å². The molecule has 1 heterocycles. The number of thioether (sulfide) groups is 1. The van der Waals surface area contributed by atoms with E-state index in [1.807, 2.05) is 11.8 Å². The Bertz CT molecular complexity index is 194. The molecule has 0 atom stereocenters. The van der Waals surface area contributed by atoms with Crippen LogP contribution in [-0.2, 0) is 6.54 Å². The van der Waals surface area contributed by atoms with E-state index in [1.54, 1.807) is 0 Å². The fourth-order valence-electron chi connectivity index (χ4n) is 1.41. The van der Waals surface area contributed by atoms with Gasteiger partial charge in [-0.3, -0.25) is 0 Å². The lowest BCUT2D eigenvalue weighted by molar-refractivity contribution is 0.586. The number of aromatic nitrogens is 1. The first-order valence-corrected chi connectivity index (χ1v) is 6.42. The zero-order chi connectivity index (χ0) is 9.36. The number of unbranched alkanes of at least 4 members (excludes halogenated alkanes) is 3. The summed E-state index contributed by atoms with van der Waals surface area (Å²) in [5, 5.41) is 0. The molecule has 0 aliphatic heterocycles. The SMILES string of the molecule is CSCCCCCCn1cccc1. The number of nitrogens with zero attached hydrogens (tertiary/aromatic N) is 1. The summed E-state index contributed by atoms with van der Waals surface area (Å²) in [4.78, 5) is 0. The Hall–Kier alpha value is -0.370. The smallest absolute Gasteiger partial charge is 0.0219 e. The number of aryl methyl sites for hydroxylation is 1. The Morgan fingerprint density at radius 2 is 1.69 bits per heavy atom. The van der Waals surface area contributed by atoms with E-state index in [4.69, 9.17) is 0 Å². The first-order chi connectivity index (χ1) is 6.43. The van der Waals surface area contributed by atoms with Gasteiger partial charge in [0.1, 0.15) is 0 Å². The molecule has 0 aliphatic rings. The van der Waals surface area contributed by atoms with E-state index in [0.717, 1.165) is 0 Å². The summed E-state index contributed by atoms with van der Waals surface area (Å²) in [5.74, 6) is 1.32. The zero-order valence-electron chi connectivity index (χ0n) is 8.41. The molecule has 0 bridgehead atoms. The molecule has 0 radical (unpaired) electrons. The van der Waals surface area contributed by atoms with Crippen LogP contribution in [0.2, 0.25) is 0 Å². The van der Waals surface area contributed by atoms with Gasteiger partial charge in [-0.05, 0) is 37.0 Å². The van der Waals surface area contributed by atoms with Gasteiger partial charge in [0.05, 0.1) is 0 Å². The molecule has 0 amide bonds. The lowest BCUT2D eigenvalue weighted by atomic mass is 10.2. The van der Waals surface area contributed by atoms with Crippen molar-refractivity contribution in [3.8, 4) is 0 Å². The highest BCUT2D eigenvalue weighted by molar-refractivity contribution is 7.98. The predicted molar refractivity (Wildman–Crippen MR) is 61.3 cm³/mol. The zero-order valence-corrected chi connectivity index (χ0v) is 9.22. The summed E-state index contributed by atoms with van der Waals surface area (Å²) in [5.41, 5.74) is 0. The molecule has 0 saturated heterocycles. The Morgan fingerprint density at radius 1 is 1.00 bits per heavy atom. The molecule has 0 unspecified atom stereocenters. The average molecular weight is 197 g/mol. The van der Waals surface area contributed by atoms with E-state index in [2.05, 4.69) is 35.3 Å². The molecule has 13 heavy (non-hydrogen) atoms. The van der Waals surface area contributed by atoms with Crippen LogP contribution in [0.15, 0.2) is 24.5 Å². The van der Waals surface area contributed by atoms with Gasteiger partial charge in [0.25, 0.3) is 0 Å². The third-order valence-electron chi connectivity index (χ3n) is 2.18. The predicted octanol–water partition coefficient (Wildman–Crippen LogP) is 3.41. The van der Waals surface area contributed by atoms with Crippen LogP contribution in [0.5, 0.6) is 0 Å². The second-order valence-corrected chi connectivity index (χ2v) is 4.31. The molecule has 0 spiro atoms. The lowest BCUT2D eigenvalue weighted by Crippen LogP contribution is -1.93. The first kappa shape index (κ1) is 10.7. The minimum atomic E-state index is 1.19. The van der Waals surface area contributed by atoms with Gasteiger partial charge < -0.3 is 4.57 Å². The maximum absolute atomic E-state index is 2.26. The van der Waals surface area contributed by atoms with Gasteiger partial charge in [-0.2, -0.15) is 11.8 Å². The van der Waals surface area contributed by atoms with Crippen molar-refractivity contribution in [3.63, 3.8) is 0 Å². The standard InChI is InChI=1S/C11H19NS/c1-13-11-7-3-2-4-8-12-9-5-6-10-12/h5-6,9-10H,2-4,7-8,11H2,1H3. The van der Waals surface area contributed by atoms with Crippen molar-refractivity contribution in [2.75, 3.05) is 12.0 Å². The van der Waals surface area contributed by atoms with Gasteiger partial charge in [-0.25, -0.2) is 0 Å². The minimum absolute atomic E-state index is 1.19. The van der Waals surface area contributed by atoms with Crippen molar-refractivity contribution in [2.45, 2.75) is 32.2 Å². The monoisotopic (exact) mass is 197 g/mol. The summed E-state index contributed by atoms with van der Waals surface area (Å²) in [6.45, 7) is 1.19. The largest absolute Gasteiger partial charge is 0.354 e. The van der Waals surface area contributed by atoms with E-state index < -0.39 is 0 Å². The minimum Gasteiger partial charge on any atom is -0.354 e. The van der Waals surface area contributed by atoms with Crippen molar-refractivity contribution in [2.24, 2.45) is 0 Å². The Kier molecular flexibility index (Phi) is 5.83. The van der Waals surface area contributed by atoms with Crippen LogP contribution in [0.4, 0.5) is 0 Å². The van der Waals surface area contributed by atoms with Crippen LogP contribution in [0, 0.1) is 0 Å². The molecule has 0 saturated carbocycles. The van der Waals surface area contributed by atoms with E-state index in [9.17, 15) is 0 Å². The maximum Gasteiger partial charge on any atom is 0.0219 e. The van der Waals surface area contributed by atoms with Crippen LogP contribution in [0.25, 0.3) is 0 Å². The second-order valence-electron chi connectivity index (χ2n) is 3.33. The van der Waals surface area contributed by atoms with Gasteiger partial charge >= 0.3 is 0 Å². The highest BCUT2D eigenvalue weighted by atomic mass is 32.2. The van der Waals surface area contributed by atoms with E-state index in [0.29, 0.717) is 0 Å². The Labute approximate surface area is 85.5 Å². The fraction of sp³-hybridized carbons (Fsp3) is 0.636. The molecule has 0 aliphatic carbocycles.